The van der Waals surface area contributed by atoms with Crippen molar-refractivity contribution in [3.63, 3.8) is 0 Å². The number of hydrogen-bond acceptors (Lipinski definition) is 3. The van der Waals surface area contributed by atoms with E-state index in [1.807, 2.05) is 35.0 Å². The average Bonchev–Trinajstić information content (AvgIpc) is 2.78. The van der Waals surface area contributed by atoms with E-state index >= 15 is 0 Å². The van der Waals surface area contributed by atoms with Crippen LogP contribution in [0.1, 0.15) is 12.0 Å². The van der Waals surface area contributed by atoms with E-state index in [4.69, 9.17) is 18.0 Å². The highest BCUT2D eigenvalue weighted by Gasteiger charge is 2.06. The summed E-state index contributed by atoms with van der Waals surface area (Å²) in [6.45, 7) is 0.600. The standard InChI is InChI=1S/C13H14N2O2S/c1-17-12(16)5-7-15-6-4-9-8-10(13(14)18)2-3-11(9)15/h2-4,6,8H,5,7H2,1H3,(H2,14,18). The van der Waals surface area contributed by atoms with Crippen LogP contribution in [0.25, 0.3) is 10.9 Å². The van der Waals surface area contributed by atoms with Crippen molar-refractivity contribution in [3.8, 4) is 0 Å². The molecule has 0 spiro atoms. The molecule has 4 nitrogen and oxygen atoms in total. The summed E-state index contributed by atoms with van der Waals surface area (Å²) in [5, 5.41) is 1.06. The van der Waals surface area contributed by atoms with Gasteiger partial charge in [0.25, 0.3) is 0 Å². The van der Waals surface area contributed by atoms with Gasteiger partial charge in [-0.05, 0) is 24.3 Å². The van der Waals surface area contributed by atoms with Crippen molar-refractivity contribution in [2.75, 3.05) is 7.11 Å². The second-order valence-corrected chi connectivity index (χ2v) is 4.41. The van der Waals surface area contributed by atoms with Crippen LogP contribution in [0.15, 0.2) is 30.5 Å². The van der Waals surface area contributed by atoms with Gasteiger partial charge in [-0.1, -0.05) is 12.2 Å². The number of benzene rings is 1. The van der Waals surface area contributed by atoms with Crippen LogP contribution in [0.4, 0.5) is 0 Å². The third kappa shape index (κ3) is 2.51. The van der Waals surface area contributed by atoms with Crippen molar-refractivity contribution < 1.29 is 9.53 Å². The van der Waals surface area contributed by atoms with E-state index in [0.29, 0.717) is 18.0 Å². The molecule has 2 N–H and O–H groups in total. The summed E-state index contributed by atoms with van der Waals surface area (Å²) in [5.41, 5.74) is 7.50. The van der Waals surface area contributed by atoms with Crippen LogP contribution < -0.4 is 5.73 Å². The van der Waals surface area contributed by atoms with Gasteiger partial charge in [-0.3, -0.25) is 4.79 Å². The van der Waals surface area contributed by atoms with E-state index in [1.54, 1.807) is 0 Å². The number of nitrogens with zero attached hydrogens (tertiary/aromatic N) is 1. The molecule has 5 heteroatoms. The van der Waals surface area contributed by atoms with Crippen molar-refractivity contribution in [2.24, 2.45) is 5.73 Å². The largest absolute Gasteiger partial charge is 0.469 e. The van der Waals surface area contributed by atoms with Crippen LogP contribution in [-0.4, -0.2) is 22.6 Å². The quantitative estimate of drug-likeness (QED) is 0.674. The maximum atomic E-state index is 11.1. The molecule has 0 aliphatic rings. The molecule has 0 unspecified atom stereocenters. The number of thiocarbonyl (C=S) groups is 1. The highest BCUT2D eigenvalue weighted by molar-refractivity contribution is 7.80. The number of aromatic nitrogens is 1. The van der Waals surface area contributed by atoms with Crippen LogP contribution in [0.5, 0.6) is 0 Å². The van der Waals surface area contributed by atoms with Gasteiger partial charge in [0.05, 0.1) is 13.5 Å². The number of aryl methyl sites for hydroxylation is 1. The molecule has 2 rings (SSSR count). The number of fused-ring (bicyclic) bond motifs is 1. The molecule has 0 radical (unpaired) electrons. The molecule has 0 saturated heterocycles. The molecular formula is C13H14N2O2S. The number of carbonyl (C=O) groups excluding carboxylic acids is 1. The lowest BCUT2D eigenvalue weighted by atomic mass is 10.1. The Bertz CT molecular complexity index is 604. The first-order valence-corrected chi connectivity index (χ1v) is 5.98. The molecule has 1 aromatic carbocycles. The predicted molar refractivity (Wildman–Crippen MR) is 74.5 cm³/mol. The smallest absolute Gasteiger partial charge is 0.307 e. The Kier molecular flexibility index (Phi) is 3.62. The zero-order chi connectivity index (χ0) is 13.1. The minimum Gasteiger partial charge on any atom is -0.469 e. The lowest BCUT2D eigenvalue weighted by molar-refractivity contribution is -0.140. The minimum absolute atomic E-state index is 0.211. The summed E-state index contributed by atoms with van der Waals surface area (Å²) >= 11 is 4.94. The first kappa shape index (κ1) is 12.6. The van der Waals surface area contributed by atoms with Crippen molar-refractivity contribution in [2.45, 2.75) is 13.0 Å². The second kappa shape index (κ2) is 5.18. The molecule has 18 heavy (non-hydrogen) atoms. The third-order valence-electron chi connectivity index (χ3n) is 2.84. The second-order valence-electron chi connectivity index (χ2n) is 3.97. The summed E-state index contributed by atoms with van der Waals surface area (Å²) in [4.78, 5) is 11.5. The molecule has 94 valence electrons. The fraction of sp³-hybridized carbons (Fsp3) is 0.231. The molecule has 0 fully saturated rings. The van der Waals surface area contributed by atoms with E-state index in [1.165, 1.54) is 7.11 Å². The Morgan fingerprint density at radius 1 is 1.44 bits per heavy atom. The molecule has 0 aliphatic carbocycles. The number of rotatable bonds is 4. The van der Waals surface area contributed by atoms with Crippen molar-refractivity contribution >= 4 is 34.1 Å². The summed E-state index contributed by atoms with van der Waals surface area (Å²) in [7, 11) is 1.39. The Labute approximate surface area is 110 Å². The van der Waals surface area contributed by atoms with Crippen molar-refractivity contribution in [1.82, 2.24) is 4.57 Å². The van der Waals surface area contributed by atoms with Gasteiger partial charge in [0, 0.05) is 29.2 Å². The summed E-state index contributed by atoms with van der Waals surface area (Å²) in [6, 6.07) is 7.78. The van der Waals surface area contributed by atoms with E-state index in [-0.39, 0.29) is 5.97 Å². The number of nitrogens with two attached hydrogens (primary N) is 1. The Morgan fingerprint density at radius 2 is 2.22 bits per heavy atom. The van der Waals surface area contributed by atoms with Crippen LogP contribution in [0.2, 0.25) is 0 Å². The van der Waals surface area contributed by atoms with Gasteiger partial charge in [-0.15, -0.1) is 0 Å². The Hall–Kier alpha value is -1.88. The topological polar surface area (TPSA) is 57.2 Å². The molecule has 1 aromatic heterocycles. The van der Waals surface area contributed by atoms with Gasteiger partial charge in [0.1, 0.15) is 4.99 Å². The van der Waals surface area contributed by atoms with Crippen molar-refractivity contribution in [1.29, 1.82) is 0 Å². The van der Waals surface area contributed by atoms with E-state index < -0.39 is 0 Å². The Balaban J connectivity index is 2.26. The Morgan fingerprint density at radius 3 is 2.89 bits per heavy atom. The average molecular weight is 262 g/mol. The lowest BCUT2D eigenvalue weighted by Crippen LogP contribution is -2.09. The zero-order valence-corrected chi connectivity index (χ0v) is 10.9. The van der Waals surface area contributed by atoms with Gasteiger partial charge in [-0.25, -0.2) is 0 Å². The van der Waals surface area contributed by atoms with Crippen molar-refractivity contribution in [3.05, 3.63) is 36.0 Å². The van der Waals surface area contributed by atoms with Gasteiger partial charge < -0.3 is 15.0 Å². The van der Waals surface area contributed by atoms with Crippen LogP contribution in [0.3, 0.4) is 0 Å². The third-order valence-corrected chi connectivity index (χ3v) is 3.08. The molecule has 2 aromatic rings. The van der Waals surface area contributed by atoms with E-state index in [9.17, 15) is 4.79 Å². The van der Waals surface area contributed by atoms with Gasteiger partial charge in [-0.2, -0.15) is 0 Å². The highest BCUT2D eigenvalue weighted by atomic mass is 32.1. The minimum atomic E-state index is -0.211. The van der Waals surface area contributed by atoms with Gasteiger partial charge >= 0.3 is 5.97 Å². The molecule has 0 bridgehead atoms. The maximum absolute atomic E-state index is 11.1. The lowest BCUT2D eigenvalue weighted by Gasteiger charge is -2.05. The SMILES string of the molecule is COC(=O)CCn1ccc2cc(C(N)=S)ccc21. The number of esters is 1. The van der Waals surface area contributed by atoms with E-state index in [2.05, 4.69) is 4.74 Å². The zero-order valence-electron chi connectivity index (χ0n) is 10.1. The van der Waals surface area contributed by atoms with Crippen LogP contribution in [0, 0.1) is 0 Å². The fourth-order valence-corrected chi connectivity index (χ4v) is 1.99. The first-order valence-electron chi connectivity index (χ1n) is 5.57. The molecule has 0 saturated carbocycles. The molecule has 0 atom stereocenters. The maximum Gasteiger partial charge on any atom is 0.307 e. The number of ether oxygens (including phenoxy) is 1. The van der Waals surface area contributed by atoms with Crippen LogP contribution >= 0.6 is 12.2 Å². The van der Waals surface area contributed by atoms with Crippen LogP contribution in [-0.2, 0) is 16.1 Å². The number of hydrogen-bond donors (Lipinski definition) is 1. The first-order chi connectivity index (χ1) is 8.61. The number of carbonyl (C=O) groups is 1. The molecular weight excluding hydrogens is 248 g/mol. The van der Waals surface area contributed by atoms with E-state index in [0.717, 1.165) is 16.5 Å². The molecule has 0 amide bonds. The normalized spacial score (nSPS) is 10.5. The number of methoxy groups -OCH3 is 1. The predicted octanol–water partition coefficient (Wildman–Crippen LogP) is 1.84. The fourth-order valence-electron chi connectivity index (χ4n) is 1.86. The molecule has 0 aliphatic heterocycles. The summed E-state index contributed by atoms with van der Waals surface area (Å²) < 4.78 is 6.63. The molecule has 1 heterocycles. The summed E-state index contributed by atoms with van der Waals surface area (Å²) in [6.07, 6.45) is 2.30. The summed E-state index contributed by atoms with van der Waals surface area (Å²) in [5.74, 6) is -0.211. The van der Waals surface area contributed by atoms with Gasteiger partial charge in [0.2, 0.25) is 0 Å². The highest BCUT2D eigenvalue weighted by Crippen LogP contribution is 2.18. The monoisotopic (exact) mass is 262 g/mol. The van der Waals surface area contributed by atoms with Gasteiger partial charge in [0.15, 0.2) is 0 Å².